The number of piperidine rings is 1. The van der Waals surface area contributed by atoms with E-state index in [1.165, 1.54) is 29.7 Å². The van der Waals surface area contributed by atoms with Crippen LogP contribution < -0.4 is 5.32 Å². The second-order valence-electron chi connectivity index (χ2n) is 7.09. The number of pyridine rings is 1. The molecule has 1 fully saturated rings. The highest BCUT2D eigenvalue weighted by molar-refractivity contribution is 7.89. The topological polar surface area (TPSA) is 129 Å². The van der Waals surface area contributed by atoms with E-state index < -0.39 is 33.9 Å². The maximum atomic E-state index is 12.7. The Hall–Kier alpha value is -3.29. The maximum absolute atomic E-state index is 12.7. The van der Waals surface area contributed by atoms with Gasteiger partial charge in [0.1, 0.15) is 11.0 Å². The number of hydrogen-bond donors (Lipinski definition) is 1. The fraction of sp³-hybridized carbons (Fsp3) is 0.333. The zero-order valence-electron chi connectivity index (χ0n) is 16.9. The van der Waals surface area contributed by atoms with Crippen LogP contribution in [0, 0.1) is 17.2 Å². The summed E-state index contributed by atoms with van der Waals surface area (Å²) in [4.78, 5) is 28.8. The molecular formula is C21H22N4O5S. The fourth-order valence-electron chi connectivity index (χ4n) is 3.23. The lowest BCUT2D eigenvalue weighted by Crippen LogP contribution is -2.41. The predicted molar refractivity (Wildman–Crippen MR) is 111 cm³/mol. The minimum Gasteiger partial charge on any atom is -0.452 e. The van der Waals surface area contributed by atoms with Crippen molar-refractivity contribution in [3.63, 3.8) is 0 Å². The second-order valence-corrected chi connectivity index (χ2v) is 9.03. The summed E-state index contributed by atoms with van der Waals surface area (Å²) in [6.07, 6.45) is 2.32. The van der Waals surface area contributed by atoms with Gasteiger partial charge in [-0.05, 0) is 44.0 Å². The second kappa shape index (κ2) is 9.68. The maximum Gasteiger partial charge on any atom is 0.309 e. The third-order valence-corrected chi connectivity index (χ3v) is 6.91. The summed E-state index contributed by atoms with van der Waals surface area (Å²) in [5.41, 5.74) is 0.642. The molecule has 1 saturated heterocycles. The lowest BCUT2D eigenvalue weighted by Gasteiger charge is -2.30. The van der Waals surface area contributed by atoms with Gasteiger partial charge in [0.15, 0.2) is 6.10 Å². The standard InChI is InChI=1S/C21H22N4O5S/c1-15(20(26)24-19-7-3-2-5-17(19)13-22)30-21(27)16-8-11-25(12-9-16)31(28,29)18-6-4-10-23-14-18/h2-7,10,14-16H,8-9,11-12H2,1H3,(H,24,26). The summed E-state index contributed by atoms with van der Waals surface area (Å²) in [6, 6.07) is 11.5. The number of para-hydroxylation sites is 1. The van der Waals surface area contributed by atoms with Crippen molar-refractivity contribution in [2.75, 3.05) is 18.4 Å². The van der Waals surface area contributed by atoms with Crippen LogP contribution in [0.15, 0.2) is 53.7 Å². The van der Waals surface area contributed by atoms with E-state index in [0.29, 0.717) is 24.1 Å². The normalized spacial score (nSPS) is 16.1. The Kier molecular flexibility index (Phi) is 6.99. The fourth-order valence-corrected chi connectivity index (χ4v) is 4.66. The van der Waals surface area contributed by atoms with Crippen molar-refractivity contribution >= 4 is 27.6 Å². The number of carbonyl (C=O) groups excluding carboxylic acids is 2. The number of carbonyl (C=O) groups is 2. The molecule has 1 aromatic carbocycles. The van der Waals surface area contributed by atoms with Crippen LogP contribution in [0.2, 0.25) is 0 Å². The molecule has 10 heteroatoms. The minimum absolute atomic E-state index is 0.110. The highest BCUT2D eigenvalue weighted by Gasteiger charge is 2.34. The van der Waals surface area contributed by atoms with E-state index in [2.05, 4.69) is 10.3 Å². The molecule has 3 rings (SSSR count). The summed E-state index contributed by atoms with van der Waals surface area (Å²) in [5, 5.41) is 11.7. The first-order valence-electron chi connectivity index (χ1n) is 9.73. The van der Waals surface area contributed by atoms with E-state index >= 15 is 0 Å². The van der Waals surface area contributed by atoms with Crippen molar-refractivity contribution in [2.45, 2.75) is 30.8 Å². The molecule has 2 aromatic rings. The number of sulfonamides is 1. The van der Waals surface area contributed by atoms with Gasteiger partial charge in [-0.3, -0.25) is 14.6 Å². The molecule has 0 bridgehead atoms. The highest BCUT2D eigenvalue weighted by atomic mass is 32.2. The summed E-state index contributed by atoms with van der Waals surface area (Å²) in [7, 11) is -3.66. The van der Waals surface area contributed by atoms with Gasteiger partial charge >= 0.3 is 5.97 Å². The monoisotopic (exact) mass is 442 g/mol. The van der Waals surface area contributed by atoms with Crippen molar-refractivity contribution in [1.82, 2.24) is 9.29 Å². The number of esters is 1. The molecule has 0 saturated carbocycles. The van der Waals surface area contributed by atoms with Crippen LogP contribution >= 0.6 is 0 Å². The molecule has 1 aliphatic heterocycles. The van der Waals surface area contributed by atoms with E-state index in [-0.39, 0.29) is 18.0 Å². The third-order valence-electron chi connectivity index (χ3n) is 5.03. The average Bonchev–Trinajstić information content (AvgIpc) is 2.80. The SMILES string of the molecule is CC(OC(=O)C1CCN(S(=O)(=O)c2cccnc2)CC1)C(=O)Nc1ccccc1C#N. The van der Waals surface area contributed by atoms with E-state index in [1.54, 1.807) is 30.3 Å². The molecular weight excluding hydrogens is 420 g/mol. The molecule has 1 unspecified atom stereocenters. The number of rotatable bonds is 6. The number of hydrogen-bond acceptors (Lipinski definition) is 7. The Morgan fingerprint density at radius 1 is 1.23 bits per heavy atom. The summed E-state index contributed by atoms with van der Waals surface area (Å²) in [5.74, 6) is -1.59. The molecule has 1 N–H and O–H groups in total. The van der Waals surface area contributed by atoms with E-state index in [4.69, 9.17) is 10.00 Å². The van der Waals surface area contributed by atoms with E-state index in [9.17, 15) is 18.0 Å². The number of benzene rings is 1. The van der Waals surface area contributed by atoms with Crippen molar-refractivity contribution < 1.29 is 22.7 Å². The van der Waals surface area contributed by atoms with Gasteiger partial charge in [-0.25, -0.2) is 8.42 Å². The van der Waals surface area contributed by atoms with Crippen LogP contribution in [0.25, 0.3) is 0 Å². The molecule has 9 nitrogen and oxygen atoms in total. The van der Waals surface area contributed by atoms with Crippen LogP contribution in [0.4, 0.5) is 5.69 Å². The molecule has 0 radical (unpaired) electrons. The van der Waals surface area contributed by atoms with Gasteiger partial charge in [-0.15, -0.1) is 0 Å². The molecule has 1 amide bonds. The zero-order chi connectivity index (χ0) is 22.4. The Labute approximate surface area is 180 Å². The smallest absolute Gasteiger partial charge is 0.309 e. The molecule has 162 valence electrons. The zero-order valence-corrected chi connectivity index (χ0v) is 17.7. The highest BCUT2D eigenvalue weighted by Crippen LogP contribution is 2.25. The van der Waals surface area contributed by atoms with Gasteiger partial charge in [0.05, 0.1) is 17.2 Å². The number of aromatic nitrogens is 1. The third kappa shape index (κ3) is 5.25. The first-order chi connectivity index (χ1) is 14.8. The minimum atomic E-state index is -3.66. The summed E-state index contributed by atoms with van der Waals surface area (Å²) in [6.45, 7) is 1.80. The van der Waals surface area contributed by atoms with Crippen molar-refractivity contribution in [3.8, 4) is 6.07 Å². The molecule has 2 heterocycles. The first-order valence-corrected chi connectivity index (χ1v) is 11.2. The molecule has 31 heavy (non-hydrogen) atoms. The molecule has 0 spiro atoms. The van der Waals surface area contributed by atoms with Gasteiger partial charge in [0, 0.05) is 25.5 Å². The molecule has 1 atom stereocenters. The quantitative estimate of drug-likeness (QED) is 0.677. The Morgan fingerprint density at radius 3 is 2.58 bits per heavy atom. The van der Waals surface area contributed by atoms with Gasteiger partial charge < -0.3 is 10.1 Å². The van der Waals surface area contributed by atoms with Crippen LogP contribution in [0.3, 0.4) is 0 Å². The largest absolute Gasteiger partial charge is 0.452 e. The predicted octanol–water partition coefficient (Wildman–Crippen LogP) is 1.92. The van der Waals surface area contributed by atoms with Gasteiger partial charge in [-0.2, -0.15) is 9.57 Å². The van der Waals surface area contributed by atoms with E-state index in [0.717, 1.165) is 0 Å². The molecule has 1 aromatic heterocycles. The number of amides is 1. The molecule has 0 aliphatic carbocycles. The lowest BCUT2D eigenvalue weighted by atomic mass is 9.98. The number of nitriles is 1. The average molecular weight is 442 g/mol. The van der Waals surface area contributed by atoms with Crippen LogP contribution in [-0.2, 0) is 24.3 Å². The van der Waals surface area contributed by atoms with Gasteiger partial charge in [-0.1, -0.05) is 12.1 Å². The number of ether oxygens (including phenoxy) is 1. The van der Waals surface area contributed by atoms with Crippen molar-refractivity contribution in [2.24, 2.45) is 5.92 Å². The Morgan fingerprint density at radius 2 is 1.94 bits per heavy atom. The number of nitrogens with zero attached hydrogens (tertiary/aromatic N) is 3. The van der Waals surface area contributed by atoms with Crippen LogP contribution in [0.5, 0.6) is 0 Å². The summed E-state index contributed by atoms with van der Waals surface area (Å²) >= 11 is 0. The van der Waals surface area contributed by atoms with Gasteiger partial charge in [0.2, 0.25) is 10.0 Å². The number of anilines is 1. The molecule has 1 aliphatic rings. The van der Waals surface area contributed by atoms with Crippen LogP contribution in [-0.4, -0.2) is 48.8 Å². The van der Waals surface area contributed by atoms with Crippen molar-refractivity contribution in [3.05, 3.63) is 54.4 Å². The number of nitrogens with one attached hydrogen (secondary N) is 1. The first kappa shape index (κ1) is 22.4. The lowest BCUT2D eigenvalue weighted by molar-refractivity contribution is -0.158. The van der Waals surface area contributed by atoms with Gasteiger partial charge in [0.25, 0.3) is 5.91 Å². The van der Waals surface area contributed by atoms with Crippen LogP contribution in [0.1, 0.15) is 25.3 Å². The Balaban J connectivity index is 1.54. The summed E-state index contributed by atoms with van der Waals surface area (Å²) < 4.78 is 31.9. The Bertz CT molecular complexity index is 1090. The van der Waals surface area contributed by atoms with Crippen molar-refractivity contribution in [1.29, 1.82) is 5.26 Å². The van der Waals surface area contributed by atoms with E-state index in [1.807, 2.05) is 6.07 Å².